The quantitative estimate of drug-likeness (QED) is 0.375. The molecule has 1 heterocycles. The van der Waals surface area contributed by atoms with E-state index in [9.17, 15) is 4.79 Å². The van der Waals surface area contributed by atoms with Gasteiger partial charge >= 0.3 is 0 Å². The number of hydrogen-bond donors (Lipinski definition) is 1. The first-order chi connectivity index (χ1) is 14.5. The van der Waals surface area contributed by atoms with E-state index < -0.39 is 0 Å². The van der Waals surface area contributed by atoms with Crippen LogP contribution in [0.3, 0.4) is 0 Å². The van der Waals surface area contributed by atoms with Crippen LogP contribution in [0.1, 0.15) is 21.5 Å². The van der Waals surface area contributed by atoms with Gasteiger partial charge < -0.3 is 10.1 Å². The Kier molecular flexibility index (Phi) is 5.55. The van der Waals surface area contributed by atoms with Gasteiger partial charge in [0.05, 0.1) is 29.6 Å². The van der Waals surface area contributed by atoms with Crippen LogP contribution in [0.2, 0.25) is 0 Å². The van der Waals surface area contributed by atoms with E-state index in [2.05, 4.69) is 27.3 Å². The van der Waals surface area contributed by atoms with E-state index in [1.165, 1.54) is 0 Å². The van der Waals surface area contributed by atoms with Crippen LogP contribution >= 0.6 is 15.9 Å². The molecule has 0 aliphatic heterocycles. The number of methoxy groups -OCH3 is 1. The first-order valence-corrected chi connectivity index (χ1v) is 10.4. The van der Waals surface area contributed by atoms with Gasteiger partial charge in [0.15, 0.2) is 0 Å². The predicted molar refractivity (Wildman–Crippen MR) is 125 cm³/mol. The number of hydrogen-bond acceptors (Lipinski definition) is 3. The molecule has 1 aromatic heterocycles. The Bertz CT molecular complexity index is 1250. The second-order valence-electron chi connectivity index (χ2n) is 7.19. The number of amides is 1. The summed E-state index contributed by atoms with van der Waals surface area (Å²) in [5, 5.41) is 3.83. The molecule has 1 N–H and O–H groups in total. The van der Waals surface area contributed by atoms with E-state index in [0.717, 1.165) is 37.8 Å². The van der Waals surface area contributed by atoms with Crippen molar-refractivity contribution in [2.75, 3.05) is 12.4 Å². The summed E-state index contributed by atoms with van der Waals surface area (Å²) in [7, 11) is 1.59. The number of nitrogens with zero attached hydrogens (tertiary/aromatic N) is 1. The van der Waals surface area contributed by atoms with Gasteiger partial charge in [0.1, 0.15) is 5.75 Å². The number of aryl methyl sites for hydroxylation is 2. The van der Waals surface area contributed by atoms with Gasteiger partial charge in [0.2, 0.25) is 0 Å². The van der Waals surface area contributed by atoms with Crippen LogP contribution in [-0.2, 0) is 0 Å². The Labute approximate surface area is 184 Å². The number of fused-ring (bicyclic) bond motifs is 1. The number of anilines is 1. The number of ether oxygens (including phenoxy) is 1. The highest BCUT2D eigenvalue weighted by Crippen LogP contribution is 2.30. The van der Waals surface area contributed by atoms with Crippen LogP contribution in [0.25, 0.3) is 22.2 Å². The maximum Gasteiger partial charge on any atom is 0.256 e. The fourth-order valence-electron chi connectivity index (χ4n) is 3.57. The van der Waals surface area contributed by atoms with E-state index in [4.69, 9.17) is 9.72 Å². The summed E-state index contributed by atoms with van der Waals surface area (Å²) in [6.07, 6.45) is 0. The lowest BCUT2D eigenvalue weighted by atomic mass is 9.99. The molecule has 0 bridgehead atoms. The SMILES string of the molecule is COc1ccccc1NC(=O)c1cc(-c2ccc(Br)cc2)nc2c(C)cc(C)cc12. The minimum atomic E-state index is -0.199. The van der Waals surface area contributed by atoms with Gasteiger partial charge in [0, 0.05) is 15.4 Å². The average molecular weight is 461 g/mol. The zero-order valence-corrected chi connectivity index (χ0v) is 18.6. The highest BCUT2D eigenvalue weighted by atomic mass is 79.9. The second-order valence-corrected chi connectivity index (χ2v) is 8.11. The van der Waals surface area contributed by atoms with Gasteiger partial charge in [0.25, 0.3) is 5.91 Å². The van der Waals surface area contributed by atoms with Crippen LogP contribution in [-0.4, -0.2) is 18.0 Å². The second kappa shape index (κ2) is 8.28. The van der Waals surface area contributed by atoms with Gasteiger partial charge in [-0.2, -0.15) is 0 Å². The van der Waals surface area contributed by atoms with Crippen molar-refractivity contribution in [2.45, 2.75) is 13.8 Å². The Balaban J connectivity index is 1.88. The summed E-state index contributed by atoms with van der Waals surface area (Å²) >= 11 is 3.47. The number of benzene rings is 3. The van der Waals surface area contributed by atoms with Gasteiger partial charge in [-0.3, -0.25) is 4.79 Å². The molecule has 0 fully saturated rings. The Morgan fingerprint density at radius 1 is 1.00 bits per heavy atom. The van der Waals surface area contributed by atoms with Gasteiger partial charge in [-0.05, 0) is 55.8 Å². The highest BCUT2D eigenvalue weighted by Gasteiger charge is 2.17. The molecule has 4 rings (SSSR count). The third-order valence-electron chi connectivity index (χ3n) is 4.99. The molecule has 0 unspecified atom stereocenters. The summed E-state index contributed by atoms with van der Waals surface area (Å²) in [4.78, 5) is 18.2. The normalized spacial score (nSPS) is 10.8. The molecule has 0 aliphatic rings. The topological polar surface area (TPSA) is 51.2 Å². The van der Waals surface area contributed by atoms with Crippen molar-refractivity contribution in [1.82, 2.24) is 4.98 Å². The molecule has 5 heteroatoms. The minimum absolute atomic E-state index is 0.199. The fraction of sp³-hybridized carbons (Fsp3) is 0.120. The molecule has 4 aromatic rings. The molecule has 3 aromatic carbocycles. The van der Waals surface area contributed by atoms with Crippen molar-refractivity contribution in [3.8, 4) is 17.0 Å². The largest absolute Gasteiger partial charge is 0.495 e. The van der Waals surface area contributed by atoms with E-state index in [1.807, 2.05) is 74.5 Å². The van der Waals surface area contributed by atoms with Gasteiger partial charge in [-0.1, -0.05) is 51.8 Å². The molecule has 30 heavy (non-hydrogen) atoms. The third-order valence-corrected chi connectivity index (χ3v) is 5.52. The Hall–Kier alpha value is -3.18. The first-order valence-electron chi connectivity index (χ1n) is 9.58. The smallest absolute Gasteiger partial charge is 0.256 e. The number of pyridine rings is 1. The van der Waals surface area contributed by atoms with Crippen LogP contribution in [0.4, 0.5) is 5.69 Å². The van der Waals surface area contributed by atoms with Crippen molar-refractivity contribution in [1.29, 1.82) is 0 Å². The number of carbonyl (C=O) groups excluding carboxylic acids is 1. The molecule has 0 aliphatic carbocycles. The number of nitrogens with one attached hydrogen (secondary N) is 1. The summed E-state index contributed by atoms with van der Waals surface area (Å²) in [6, 6.07) is 21.3. The van der Waals surface area contributed by atoms with Crippen LogP contribution < -0.4 is 10.1 Å². The summed E-state index contributed by atoms with van der Waals surface area (Å²) in [5.74, 6) is 0.417. The molecule has 0 radical (unpaired) electrons. The molecule has 0 saturated carbocycles. The number of halogens is 1. The number of carbonyl (C=O) groups is 1. The van der Waals surface area contributed by atoms with E-state index in [-0.39, 0.29) is 5.91 Å². The van der Waals surface area contributed by atoms with E-state index in [1.54, 1.807) is 7.11 Å². The lowest BCUT2D eigenvalue weighted by Crippen LogP contribution is -2.14. The maximum absolute atomic E-state index is 13.4. The molecule has 0 spiro atoms. The summed E-state index contributed by atoms with van der Waals surface area (Å²) in [5.41, 5.74) is 5.87. The van der Waals surface area contributed by atoms with Crippen molar-refractivity contribution >= 4 is 38.4 Å². The zero-order valence-electron chi connectivity index (χ0n) is 17.0. The molecule has 1 amide bonds. The van der Waals surface area contributed by atoms with Crippen molar-refractivity contribution in [3.05, 3.63) is 87.9 Å². The predicted octanol–water partition coefficient (Wildman–Crippen LogP) is 6.54. The Morgan fingerprint density at radius 3 is 2.47 bits per heavy atom. The summed E-state index contributed by atoms with van der Waals surface area (Å²) < 4.78 is 6.37. The van der Waals surface area contributed by atoms with Crippen LogP contribution in [0.15, 0.2) is 71.2 Å². The summed E-state index contributed by atoms with van der Waals surface area (Å²) in [6.45, 7) is 4.05. The lowest BCUT2D eigenvalue weighted by molar-refractivity contribution is 0.102. The third kappa shape index (κ3) is 3.94. The molecule has 4 nitrogen and oxygen atoms in total. The van der Waals surface area contributed by atoms with Crippen molar-refractivity contribution in [3.63, 3.8) is 0 Å². The zero-order chi connectivity index (χ0) is 21.3. The lowest BCUT2D eigenvalue weighted by Gasteiger charge is -2.14. The minimum Gasteiger partial charge on any atom is -0.495 e. The number of rotatable bonds is 4. The number of aromatic nitrogens is 1. The molecular formula is C25H21BrN2O2. The van der Waals surface area contributed by atoms with E-state index in [0.29, 0.717) is 17.0 Å². The van der Waals surface area contributed by atoms with Crippen molar-refractivity contribution in [2.24, 2.45) is 0 Å². The molecule has 150 valence electrons. The van der Waals surface area contributed by atoms with Gasteiger partial charge in [-0.15, -0.1) is 0 Å². The Morgan fingerprint density at radius 2 is 1.73 bits per heavy atom. The fourth-order valence-corrected chi connectivity index (χ4v) is 3.84. The highest BCUT2D eigenvalue weighted by molar-refractivity contribution is 9.10. The average Bonchev–Trinajstić information content (AvgIpc) is 2.74. The maximum atomic E-state index is 13.4. The molecule has 0 atom stereocenters. The number of para-hydroxylation sites is 2. The molecular weight excluding hydrogens is 440 g/mol. The first kappa shape index (κ1) is 20.1. The molecule has 0 saturated heterocycles. The van der Waals surface area contributed by atoms with Crippen LogP contribution in [0, 0.1) is 13.8 Å². The van der Waals surface area contributed by atoms with Gasteiger partial charge in [-0.25, -0.2) is 4.98 Å². The van der Waals surface area contributed by atoms with Crippen molar-refractivity contribution < 1.29 is 9.53 Å². The van der Waals surface area contributed by atoms with Crippen LogP contribution in [0.5, 0.6) is 5.75 Å². The standard InChI is InChI=1S/C25H21BrN2O2/c1-15-12-16(2)24-19(13-15)20(14-22(27-24)17-8-10-18(26)11-9-17)25(29)28-21-6-4-5-7-23(21)30-3/h4-14H,1-3H3,(H,28,29). The monoisotopic (exact) mass is 460 g/mol. The van der Waals surface area contributed by atoms with E-state index >= 15 is 0 Å².